The van der Waals surface area contributed by atoms with Crippen molar-refractivity contribution in [2.45, 2.75) is 38.0 Å². The lowest BCUT2D eigenvalue weighted by Crippen LogP contribution is -2.32. The summed E-state index contributed by atoms with van der Waals surface area (Å²) in [5.41, 5.74) is 3.06. The Labute approximate surface area is 158 Å². The normalized spacial score (nSPS) is 14.3. The Kier molecular flexibility index (Phi) is 5.99. The summed E-state index contributed by atoms with van der Waals surface area (Å²) >= 11 is 0. The van der Waals surface area contributed by atoms with Crippen molar-refractivity contribution in [3.05, 3.63) is 70.3 Å². The number of rotatable bonds is 6. The third kappa shape index (κ3) is 4.41. The van der Waals surface area contributed by atoms with Crippen LogP contribution >= 0.6 is 0 Å². The van der Waals surface area contributed by atoms with Crippen molar-refractivity contribution in [2.75, 3.05) is 13.6 Å². The van der Waals surface area contributed by atoms with Crippen LogP contribution in [0.25, 0.3) is 0 Å². The molecule has 0 bridgehead atoms. The van der Waals surface area contributed by atoms with Crippen LogP contribution in [0.1, 0.15) is 52.2 Å². The zero-order valence-corrected chi connectivity index (χ0v) is 15.4. The summed E-state index contributed by atoms with van der Waals surface area (Å²) in [6.07, 6.45) is 4.60. The van der Waals surface area contributed by atoms with Crippen LogP contribution in [0.4, 0.5) is 8.78 Å². The molecular formula is C22H23F2NO2. The molecule has 1 amide bonds. The number of fused-ring (bicyclic) bond motifs is 1. The fourth-order valence-electron chi connectivity index (χ4n) is 3.81. The Bertz CT molecular complexity index is 833. The Morgan fingerprint density at radius 3 is 2.52 bits per heavy atom. The van der Waals surface area contributed by atoms with Crippen molar-refractivity contribution in [1.82, 2.24) is 4.90 Å². The first kappa shape index (κ1) is 19.2. The molecule has 1 unspecified atom stereocenters. The first-order valence-corrected chi connectivity index (χ1v) is 9.25. The number of likely N-dealkylation sites (N-methyl/N-ethyl adjacent to an activating group) is 1. The number of aryl methyl sites for hydroxylation is 1. The third-order valence-corrected chi connectivity index (χ3v) is 5.22. The molecule has 5 heteroatoms. The van der Waals surface area contributed by atoms with E-state index in [1.165, 1.54) is 29.2 Å². The molecule has 142 valence electrons. The average molecular weight is 371 g/mol. The fourth-order valence-corrected chi connectivity index (χ4v) is 3.81. The third-order valence-electron chi connectivity index (χ3n) is 5.22. The molecule has 0 heterocycles. The fraction of sp³-hybridized carbons (Fsp3) is 0.364. The van der Waals surface area contributed by atoms with Gasteiger partial charge in [-0.05, 0) is 66.6 Å². The Morgan fingerprint density at radius 2 is 1.81 bits per heavy atom. The van der Waals surface area contributed by atoms with E-state index in [4.69, 9.17) is 0 Å². The average Bonchev–Trinajstić information content (AvgIpc) is 2.67. The number of carbonyl (C=O) groups is 2. The lowest BCUT2D eigenvalue weighted by Gasteiger charge is -2.26. The van der Waals surface area contributed by atoms with E-state index in [9.17, 15) is 18.4 Å². The van der Waals surface area contributed by atoms with Crippen molar-refractivity contribution < 1.29 is 18.4 Å². The SMILES string of the molecule is CN(CC(CC=O)c1ccc(F)cc1)C(=O)c1cc(F)cc2c1CCCC2. The number of hydrogen-bond acceptors (Lipinski definition) is 2. The molecule has 0 aliphatic heterocycles. The highest BCUT2D eigenvalue weighted by atomic mass is 19.1. The van der Waals surface area contributed by atoms with Crippen molar-refractivity contribution >= 4 is 12.2 Å². The zero-order chi connectivity index (χ0) is 19.4. The van der Waals surface area contributed by atoms with Gasteiger partial charge in [0, 0.05) is 31.5 Å². The summed E-state index contributed by atoms with van der Waals surface area (Å²) < 4.78 is 27.2. The molecule has 1 aliphatic rings. The van der Waals surface area contributed by atoms with Crippen LogP contribution < -0.4 is 0 Å². The molecule has 0 N–H and O–H groups in total. The van der Waals surface area contributed by atoms with Crippen LogP contribution in [-0.4, -0.2) is 30.7 Å². The number of benzene rings is 2. The van der Waals surface area contributed by atoms with Crippen molar-refractivity contribution in [2.24, 2.45) is 0 Å². The van der Waals surface area contributed by atoms with E-state index in [0.29, 0.717) is 12.1 Å². The zero-order valence-electron chi connectivity index (χ0n) is 15.4. The van der Waals surface area contributed by atoms with Crippen molar-refractivity contribution in [3.8, 4) is 0 Å². The summed E-state index contributed by atoms with van der Waals surface area (Å²) in [4.78, 5) is 25.6. The highest BCUT2D eigenvalue weighted by Gasteiger charge is 2.24. The van der Waals surface area contributed by atoms with Crippen LogP contribution in [0.5, 0.6) is 0 Å². The van der Waals surface area contributed by atoms with Crippen molar-refractivity contribution in [3.63, 3.8) is 0 Å². The Hall–Kier alpha value is -2.56. The molecule has 3 nitrogen and oxygen atoms in total. The summed E-state index contributed by atoms with van der Waals surface area (Å²) in [5, 5.41) is 0. The maximum absolute atomic E-state index is 14.0. The van der Waals surface area contributed by atoms with Gasteiger partial charge < -0.3 is 9.69 Å². The summed E-state index contributed by atoms with van der Waals surface area (Å²) in [6.45, 7) is 0.300. The van der Waals surface area contributed by atoms with Gasteiger partial charge in [0.25, 0.3) is 5.91 Å². The maximum Gasteiger partial charge on any atom is 0.254 e. The van der Waals surface area contributed by atoms with Crippen molar-refractivity contribution in [1.29, 1.82) is 0 Å². The summed E-state index contributed by atoms with van der Waals surface area (Å²) in [5.74, 6) is -1.22. The summed E-state index contributed by atoms with van der Waals surface area (Å²) in [7, 11) is 1.66. The molecule has 0 saturated carbocycles. The maximum atomic E-state index is 14.0. The van der Waals surface area contributed by atoms with Gasteiger partial charge in [-0.1, -0.05) is 12.1 Å². The quantitative estimate of drug-likeness (QED) is 0.711. The molecular weight excluding hydrogens is 348 g/mol. The monoisotopic (exact) mass is 371 g/mol. The number of carbonyl (C=O) groups excluding carboxylic acids is 2. The van der Waals surface area contributed by atoms with E-state index in [2.05, 4.69) is 0 Å². The minimum absolute atomic E-state index is 0.227. The molecule has 0 radical (unpaired) electrons. The molecule has 0 saturated heterocycles. The minimum Gasteiger partial charge on any atom is -0.341 e. The van der Waals surface area contributed by atoms with Gasteiger partial charge in [0.15, 0.2) is 0 Å². The molecule has 1 aliphatic carbocycles. The topological polar surface area (TPSA) is 37.4 Å². The van der Waals surface area contributed by atoms with E-state index < -0.39 is 5.82 Å². The number of nitrogens with zero attached hydrogens (tertiary/aromatic N) is 1. The van der Waals surface area contributed by atoms with Crippen LogP contribution in [-0.2, 0) is 17.6 Å². The highest BCUT2D eigenvalue weighted by Crippen LogP contribution is 2.28. The molecule has 1 atom stereocenters. The number of hydrogen-bond donors (Lipinski definition) is 0. The van der Waals surface area contributed by atoms with E-state index in [0.717, 1.165) is 48.7 Å². The van der Waals surface area contributed by atoms with Gasteiger partial charge in [-0.3, -0.25) is 4.79 Å². The minimum atomic E-state index is -0.393. The van der Waals surface area contributed by atoms with Gasteiger partial charge in [-0.25, -0.2) is 8.78 Å². The smallest absolute Gasteiger partial charge is 0.254 e. The van der Waals surface area contributed by atoms with Crippen LogP contribution in [0, 0.1) is 11.6 Å². The molecule has 2 aromatic carbocycles. The van der Waals surface area contributed by atoms with E-state index >= 15 is 0 Å². The molecule has 27 heavy (non-hydrogen) atoms. The standard InChI is InChI=1S/C22H23F2NO2/c1-25(14-17(10-11-26)15-6-8-18(23)9-7-15)22(27)21-13-19(24)12-16-4-2-3-5-20(16)21/h6-9,11-13,17H,2-5,10,14H2,1H3. The number of halogens is 2. The molecule has 2 aromatic rings. The first-order valence-electron chi connectivity index (χ1n) is 9.25. The summed E-state index contributed by atoms with van der Waals surface area (Å²) in [6, 6.07) is 8.79. The lowest BCUT2D eigenvalue weighted by atomic mass is 9.87. The predicted octanol–water partition coefficient (Wildman–Crippen LogP) is 4.29. The van der Waals surface area contributed by atoms with E-state index in [1.807, 2.05) is 0 Å². The van der Waals surface area contributed by atoms with E-state index in [1.54, 1.807) is 19.2 Å². The molecule has 0 fully saturated rings. The number of aldehydes is 1. The van der Waals surface area contributed by atoms with E-state index in [-0.39, 0.29) is 24.1 Å². The molecule has 0 spiro atoms. The van der Waals surface area contributed by atoms with Gasteiger partial charge >= 0.3 is 0 Å². The molecule has 0 aromatic heterocycles. The van der Waals surface area contributed by atoms with Gasteiger partial charge in [0.1, 0.15) is 17.9 Å². The first-order chi connectivity index (χ1) is 13.0. The number of amides is 1. The predicted molar refractivity (Wildman–Crippen MR) is 99.8 cm³/mol. The second-order valence-corrected chi connectivity index (χ2v) is 7.13. The Balaban J connectivity index is 1.83. The Morgan fingerprint density at radius 1 is 1.11 bits per heavy atom. The molecule has 3 rings (SSSR count). The van der Waals surface area contributed by atoms with Crippen LogP contribution in [0.3, 0.4) is 0 Å². The lowest BCUT2D eigenvalue weighted by molar-refractivity contribution is -0.108. The van der Waals surface area contributed by atoms with Crippen LogP contribution in [0.15, 0.2) is 36.4 Å². The van der Waals surface area contributed by atoms with Gasteiger partial charge in [-0.2, -0.15) is 0 Å². The van der Waals surface area contributed by atoms with Gasteiger partial charge in [0.05, 0.1) is 0 Å². The van der Waals surface area contributed by atoms with Crippen LogP contribution in [0.2, 0.25) is 0 Å². The second kappa shape index (κ2) is 8.42. The van der Waals surface area contributed by atoms with Gasteiger partial charge in [0.2, 0.25) is 0 Å². The second-order valence-electron chi connectivity index (χ2n) is 7.13. The largest absolute Gasteiger partial charge is 0.341 e. The highest BCUT2D eigenvalue weighted by molar-refractivity contribution is 5.96. The van der Waals surface area contributed by atoms with Gasteiger partial charge in [-0.15, -0.1) is 0 Å².